The summed E-state index contributed by atoms with van der Waals surface area (Å²) in [5.41, 5.74) is 2.50. The van der Waals surface area contributed by atoms with Crippen molar-refractivity contribution in [2.75, 3.05) is 30.9 Å². The van der Waals surface area contributed by atoms with Crippen LogP contribution in [0, 0.1) is 5.21 Å². The molecule has 4 heteroatoms. The molecule has 1 aromatic rings. The van der Waals surface area contributed by atoms with Gasteiger partial charge >= 0.3 is 0 Å². The van der Waals surface area contributed by atoms with E-state index in [-0.39, 0.29) is 0 Å². The van der Waals surface area contributed by atoms with Crippen LogP contribution in [0.3, 0.4) is 0 Å². The van der Waals surface area contributed by atoms with E-state index in [0.29, 0.717) is 5.69 Å². The molecule has 90 valence electrons. The van der Waals surface area contributed by atoms with Crippen molar-refractivity contribution < 1.29 is 0 Å². The molecule has 1 aromatic carbocycles. The Morgan fingerprint density at radius 2 is 1.81 bits per heavy atom. The average molecular weight is 239 g/mol. The Bertz CT molecular complexity index is 286. The number of hydrogen-bond acceptors (Lipinski definition) is 4. The predicted octanol–water partition coefficient (Wildman–Crippen LogP) is 3.03. The average Bonchev–Trinajstić information content (AvgIpc) is 2.35. The van der Waals surface area contributed by atoms with Crippen molar-refractivity contribution in [2.45, 2.75) is 18.7 Å². The fourth-order valence-corrected chi connectivity index (χ4v) is 2.37. The summed E-state index contributed by atoms with van der Waals surface area (Å²) in [6.45, 7) is 7.69. The lowest BCUT2D eigenvalue weighted by atomic mass is 10.3. The van der Waals surface area contributed by atoms with Gasteiger partial charge in [0.05, 0.1) is 0 Å². The smallest absolute Gasteiger partial charge is 0.0233 e. The Hall–Kier alpha value is -0.710. The van der Waals surface area contributed by atoms with Gasteiger partial charge in [-0.2, -0.15) is 0 Å². The summed E-state index contributed by atoms with van der Waals surface area (Å²) in [5, 5.41) is 10.4. The second-order valence-corrected chi connectivity index (χ2v) is 4.67. The molecule has 0 amide bonds. The molecule has 0 unspecified atom stereocenters. The first kappa shape index (κ1) is 13.4. The SMILES string of the molecule is CCN(CC)CCSc1ccc(N[O-])cc1. The van der Waals surface area contributed by atoms with E-state index in [1.54, 1.807) is 0 Å². The molecule has 0 aromatic heterocycles. The van der Waals surface area contributed by atoms with Crippen LogP contribution in [-0.4, -0.2) is 30.3 Å². The lowest BCUT2D eigenvalue weighted by molar-refractivity contribution is 0.324. The van der Waals surface area contributed by atoms with Crippen molar-refractivity contribution in [3.05, 3.63) is 29.5 Å². The molecule has 0 spiro atoms. The number of nitrogens with zero attached hydrogens (tertiary/aromatic N) is 1. The minimum Gasteiger partial charge on any atom is -0.761 e. The number of hydrogen-bond donors (Lipinski definition) is 1. The van der Waals surface area contributed by atoms with Gasteiger partial charge in [0.2, 0.25) is 0 Å². The Balaban J connectivity index is 2.31. The quantitative estimate of drug-likeness (QED) is 0.586. The van der Waals surface area contributed by atoms with Crippen molar-refractivity contribution in [1.29, 1.82) is 0 Å². The zero-order valence-corrected chi connectivity index (χ0v) is 10.7. The van der Waals surface area contributed by atoms with Gasteiger partial charge in [-0.3, -0.25) is 0 Å². The van der Waals surface area contributed by atoms with Crippen LogP contribution in [0.5, 0.6) is 0 Å². The molecule has 0 radical (unpaired) electrons. The highest BCUT2D eigenvalue weighted by molar-refractivity contribution is 7.99. The molecule has 0 heterocycles. The van der Waals surface area contributed by atoms with Crippen LogP contribution >= 0.6 is 11.8 Å². The van der Waals surface area contributed by atoms with Crippen LogP contribution in [0.2, 0.25) is 0 Å². The van der Waals surface area contributed by atoms with Gasteiger partial charge in [-0.15, -0.1) is 11.8 Å². The first-order chi connectivity index (χ1) is 7.80. The first-order valence-corrected chi connectivity index (χ1v) is 6.62. The third kappa shape index (κ3) is 4.43. The number of thioether (sulfide) groups is 1. The minimum absolute atomic E-state index is 0.619. The van der Waals surface area contributed by atoms with Crippen molar-refractivity contribution in [2.24, 2.45) is 0 Å². The molecule has 16 heavy (non-hydrogen) atoms. The molecule has 0 saturated carbocycles. The highest BCUT2D eigenvalue weighted by atomic mass is 32.2. The van der Waals surface area contributed by atoms with Gasteiger partial charge < -0.3 is 15.6 Å². The molecule has 1 N–H and O–H groups in total. The van der Waals surface area contributed by atoms with Crippen molar-refractivity contribution in [1.82, 2.24) is 4.90 Å². The third-order valence-electron chi connectivity index (χ3n) is 2.54. The predicted molar refractivity (Wildman–Crippen MR) is 71.9 cm³/mol. The molecule has 1 rings (SSSR count). The molecule has 3 nitrogen and oxygen atoms in total. The van der Waals surface area contributed by atoms with E-state index in [9.17, 15) is 5.21 Å². The van der Waals surface area contributed by atoms with E-state index >= 15 is 0 Å². The van der Waals surface area contributed by atoms with E-state index < -0.39 is 0 Å². The molecule has 0 aliphatic heterocycles. The van der Waals surface area contributed by atoms with E-state index in [2.05, 4.69) is 18.7 Å². The van der Waals surface area contributed by atoms with Crippen molar-refractivity contribution in [3.63, 3.8) is 0 Å². The summed E-state index contributed by atoms with van der Waals surface area (Å²) in [4.78, 5) is 3.62. The second-order valence-electron chi connectivity index (χ2n) is 3.50. The van der Waals surface area contributed by atoms with Crippen LogP contribution < -0.4 is 5.48 Å². The lowest BCUT2D eigenvalue weighted by Crippen LogP contribution is -2.25. The van der Waals surface area contributed by atoms with E-state index in [1.807, 2.05) is 41.5 Å². The minimum atomic E-state index is 0.619. The van der Waals surface area contributed by atoms with Gasteiger partial charge in [0, 0.05) is 22.9 Å². The fraction of sp³-hybridized carbons (Fsp3) is 0.500. The summed E-state index contributed by atoms with van der Waals surface area (Å²) in [6, 6.07) is 7.58. The zero-order chi connectivity index (χ0) is 11.8. The molecule has 0 saturated heterocycles. The molecule has 0 aliphatic carbocycles. The topological polar surface area (TPSA) is 38.3 Å². The normalized spacial score (nSPS) is 10.8. The fourth-order valence-electron chi connectivity index (χ4n) is 1.45. The standard InChI is InChI=1S/C12H19N2OS/c1-3-14(4-2)9-10-16-12-7-5-11(13-15)6-8-12/h5-8,13H,3-4,9-10H2,1-2H3/q-1. The summed E-state index contributed by atoms with van der Waals surface area (Å²) in [5.74, 6) is 1.09. The van der Waals surface area contributed by atoms with Crippen molar-refractivity contribution in [3.8, 4) is 0 Å². The molecule has 0 fully saturated rings. The largest absolute Gasteiger partial charge is 0.761 e. The van der Waals surface area contributed by atoms with Gasteiger partial charge in [0.15, 0.2) is 0 Å². The summed E-state index contributed by atoms with van der Waals surface area (Å²) < 4.78 is 0. The van der Waals surface area contributed by atoms with E-state index in [1.165, 1.54) is 4.90 Å². The van der Waals surface area contributed by atoms with Crippen LogP contribution in [0.25, 0.3) is 0 Å². The summed E-state index contributed by atoms with van der Waals surface area (Å²) in [7, 11) is 0. The molecule has 0 aliphatic rings. The first-order valence-electron chi connectivity index (χ1n) is 5.63. The Morgan fingerprint density at radius 3 is 2.31 bits per heavy atom. The Morgan fingerprint density at radius 1 is 1.19 bits per heavy atom. The van der Waals surface area contributed by atoms with Gasteiger partial charge in [-0.1, -0.05) is 13.8 Å². The van der Waals surface area contributed by atoms with Gasteiger partial charge in [0.25, 0.3) is 0 Å². The molecular formula is C12H19N2OS-. The Kier molecular flexibility index (Phi) is 6.30. The van der Waals surface area contributed by atoms with Crippen molar-refractivity contribution >= 4 is 17.4 Å². The van der Waals surface area contributed by atoms with Crippen LogP contribution in [0.15, 0.2) is 29.2 Å². The summed E-state index contributed by atoms with van der Waals surface area (Å²) in [6.07, 6.45) is 0. The zero-order valence-electron chi connectivity index (χ0n) is 9.90. The highest BCUT2D eigenvalue weighted by Gasteiger charge is 1.99. The highest BCUT2D eigenvalue weighted by Crippen LogP contribution is 2.20. The van der Waals surface area contributed by atoms with E-state index in [4.69, 9.17) is 0 Å². The molecular weight excluding hydrogens is 220 g/mol. The molecule has 0 bridgehead atoms. The second kappa shape index (κ2) is 7.54. The monoisotopic (exact) mass is 239 g/mol. The number of anilines is 1. The van der Waals surface area contributed by atoms with E-state index in [0.717, 1.165) is 25.4 Å². The maximum Gasteiger partial charge on any atom is 0.0233 e. The van der Waals surface area contributed by atoms with Gasteiger partial charge in [-0.25, -0.2) is 0 Å². The lowest BCUT2D eigenvalue weighted by Gasteiger charge is -2.17. The number of nitrogens with one attached hydrogen (secondary N) is 1. The Labute approximate surface area is 102 Å². The summed E-state index contributed by atoms with van der Waals surface area (Å²) >= 11 is 1.83. The van der Waals surface area contributed by atoms with Gasteiger partial charge in [0.1, 0.15) is 0 Å². The third-order valence-corrected chi connectivity index (χ3v) is 3.54. The van der Waals surface area contributed by atoms with Crippen LogP contribution in [0.1, 0.15) is 13.8 Å². The number of rotatable bonds is 7. The number of benzene rings is 1. The molecule has 0 atom stereocenters. The van der Waals surface area contributed by atoms with Crippen LogP contribution in [0.4, 0.5) is 5.69 Å². The van der Waals surface area contributed by atoms with Crippen LogP contribution in [-0.2, 0) is 0 Å². The maximum atomic E-state index is 10.4. The van der Waals surface area contributed by atoms with Gasteiger partial charge in [-0.05, 0) is 37.4 Å². The maximum absolute atomic E-state index is 10.4.